The molecule has 1 aliphatic rings. The Bertz CT molecular complexity index is 281. The van der Waals surface area contributed by atoms with Gasteiger partial charge in [-0.2, -0.15) is 0 Å². The lowest BCUT2D eigenvalue weighted by atomic mass is 9.93. The van der Waals surface area contributed by atoms with E-state index in [0.29, 0.717) is 5.92 Å². The van der Waals surface area contributed by atoms with Crippen molar-refractivity contribution in [3.63, 3.8) is 0 Å². The third kappa shape index (κ3) is 2.63. The maximum atomic E-state index is 6.23. The van der Waals surface area contributed by atoms with Gasteiger partial charge in [-0.05, 0) is 36.8 Å². The predicted octanol–water partition coefficient (Wildman–Crippen LogP) is 2.98. The van der Waals surface area contributed by atoms with E-state index < -0.39 is 0 Å². The van der Waals surface area contributed by atoms with Crippen LogP contribution in [0.4, 0.5) is 0 Å². The Hall–Kier alpha value is -0.760. The van der Waals surface area contributed by atoms with Crippen LogP contribution >= 0.6 is 0 Å². The Morgan fingerprint density at radius 3 is 3.00 bits per heavy atom. The van der Waals surface area contributed by atoms with Crippen molar-refractivity contribution >= 4 is 0 Å². The summed E-state index contributed by atoms with van der Waals surface area (Å²) >= 11 is 0. The Morgan fingerprint density at radius 1 is 1.53 bits per heavy atom. The van der Waals surface area contributed by atoms with Crippen LogP contribution in [0.15, 0.2) is 22.8 Å². The molecule has 2 rings (SSSR count). The van der Waals surface area contributed by atoms with E-state index in [2.05, 4.69) is 6.92 Å². The third-order valence-electron chi connectivity index (χ3n) is 3.78. The molecule has 15 heavy (non-hydrogen) atoms. The fourth-order valence-electron chi connectivity index (χ4n) is 2.70. The zero-order valence-electron chi connectivity index (χ0n) is 9.49. The van der Waals surface area contributed by atoms with Gasteiger partial charge in [-0.1, -0.05) is 19.8 Å². The van der Waals surface area contributed by atoms with Gasteiger partial charge in [0.15, 0.2) is 0 Å². The summed E-state index contributed by atoms with van der Waals surface area (Å²) in [4.78, 5) is 0. The van der Waals surface area contributed by atoms with Crippen molar-refractivity contribution in [2.24, 2.45) is 17.6 Å². The van der Waals surface area contributed by atoms with E-state index in [-0.39, 0.29) is 6.04 Å². The molecule has 1 saturated carbocycles. The van der Waals surface area contributed by atoms with Gasteiger partial charge >= 0.3 is 0 Å². The molecule has 1 fully saturated rings. The first-order valence-corrected chi connectivity index (χ1v) is 6.07. The fraction of sp³-hybridized carbons (Fsp3) is 0.692. The lowest BCUT2D eigenvalue weighted by Crippen LogP contribution is -2.30. The summed E-state index contributed by atoms with van der Waals surface area (Å²) in [5.41, 5.74) is 6.23. The number of hydrogen-bond donors (Lipinski definition) is 1. The second kappa shape index (κ2) is 4.84. The van der Waals surface area contributed by atoms with E-state index >= 15 is 0 Å². The van der Waals surface area contributed by atoms with Crippen LogP contribution in [-0.4, -0.2) is 6.04 Å². The molecule has 0 bridgehead atoms. The highest BCUT2D eigenvalue weighted by molar-refractivity contribution is 5.01. The Kier molecular flexibility index (Phi) is 3.47. The average Bonchev–Trinajstić information content (AvgIpc) is 2.86. The standard InChI is InChI=1S/C13H21NO/c1-2-10-5-6-11(8-10)13(14)9-12-4-3-7-15-12/h3-4,7,10-11,13H,2,5-6,8-9,14H2,1H3. The molecule has 2 nitrogen and oxygen atoms in total. The molecular weight excluding hydrogens is 186 g/mol. The maximum absolute atomic E-state index is 6.23. The number of nitrogens with two attached hydrogens (primary N) is 1. The monoisotopic (exact) mass is 207 g/mol. The van der Waals surface area contributed by atoms with Crippen LogP contribution in [-0.2, 0) is 6.42 Å². The van der Waals surface area contributed by atoms with Gasteiger partial charge in [0.05, 0.1) is 6.26 Å². The van der Waals surface area contributed by atoms with Crippen molar-refractivity contribution in [3.05, 3.63) is 24.2 Å². The van der Waals surface area contributed by atoms with Gasteiger partial charge in [0.1, 0.15) is 5.76 Å². The summed E-state index contributed by atoms with van der Waals surface area (Å²) in [7, 11) is 0. The van der Waals surface area contributed by atoms with Crippen molar-refractivity contribution in [2.75, 3.05) is 0 Å². The molecule has 0 spiro atoms. The van der Waals surface area contributed by atoms with Gasteiger partial charge in [-0.15, -0.1) is 0 Å². The Morgan fingerprint density at radius 2 is 2.40 bits per heavy atom. The molecule has 1 aromatic heterocycles. The topological polar surface area (TPSA) is 39.2 Å². The van der Waals surface area contributed by atoms with E-state index in [9.17, 15) is 0 Å². The molecule has 1 aliphatic carbocycles. The summed E-state index contributed by atoms with van der Waals surface area (Å²) in [5, 5.41) is 0. The molecule has 1 heterocycles. The number of furan rings is 1. The van der Waals surface area contributed by atoms with Crippen LogP contribution < -0.4 is 5.73 Å². The van der Waals surface area contributed by atoms with Gasteiger partial charge in [-0.25, -0.2) is 0 Å². The molecule has 0 aromatic carbocycles. The van der Waals surface area contributed by atoms with Gasteiger partial charge in [0.25, 0.3) is 0 Å². The van der Waals surface area contributed by atoms with Crippen LogP contribution in [0.1, 0.15) is 38.4 Å². The summed E-state index contributed by atoms with van der Waals surface area (Å²) < 4.78 is 5.34. The molecule has 3 unspecified atom stereocenters. The first kappa shape index (κ1) is 10.7. The lowest BCUT2D eigenvalue weighted by molar-refractivity contribution is 0.380. The molecule has 0 aliphatic heterocycles. The van der Waals surface area contributed by atoms with Crippen LogP contribution in [0, 0.1) is 11.8 Å². The summed E-state index contributed by atoms with van der Waals surface area (Å²) in [6.45, 7) is 2.28. The maximum Gasteiger partial charge on any atom is 0.105 e. The van der Waals surface area contributed by atoms with Crippen molar-refractivity contribution < 1.29 is 4.42 Å². The minimum atomic E-state index is 0.285. The van der Waals surface area contributed by atoms with E-state index in [0.717, 1.165) is 18.1 Å². The lowest BCUT2D eigenvalue weighted by Gasteiger charge is -2.18. The van der Waals surface area contributed by atoms with Crippen LogP contribution in [0.5, 0.6) is 0 Å². The minimum Gasteiger partial charge on any atom is -0.469 e. The second-order valence-corrected chi connectivity index (χ2v) is 4.79. The van der Waals surface area contributed by atoms with Crippen LogP contribution in [0.3, 0.4) is 0 Å². The van der Waals surface area contributed by atoms with Crippen LogP contribution in [0.25, 0.3) is 0 Å². The molecule has 2 N–H and O–H groups in total. The first-order chi connectivity index (χ1) is 7.29. The van der Waals surface area contributed by atoms with Gasteiger partial charge in [0, 0.05) is 12.5 Å². The molecule has 0 amide bonds. The second-order valence-electron chi connectivity index (χ2n) is 4.79. The van der Waals surface area contributed by atoms with E-state index in [1.165, 1.54) is 25.7 Å². The zero-order chi connectivity index (χ0) is 10.7. The molecule has 0 radical (unpaired) electrons. The molecule has 2 heteroatoms. The smallest absolute Gasteiger partial charge is 0.105 e. The largest absolute Gasteiger partial charge is 0.469 e. The highest BCUT2D eigenvalue weighted by atomic mass is 16.3. The molecule has 3 atom stereocenters. The van der Waals surface area contributed by atoms with Gasteiger partial charge < -0.3 is 10.2 Å². The van der Waals surface area contributed by atoms with Crippen molar-refractivity contribution in [1.82, 2.24) is 0 Å². The normalized spacial score (nSPS) is 28.1. The predicted molar refractivity (Wildman–Crippen MR) is 61.5 cm³/mol. The molecule has 1 aromatic rings. The highest BCUT2D eigenvalue weighted by Crippen LogP contribution is 2.35. The third-order valence-corrected chi connectivity index (χ3v) is 3.78. The average molecular weight is 207 g/mol. The van der Waals surface area contributed by atoms with Gasteiger partial charge in [0.2, 0.25) is 0 Å². The van der Waals surface area contributed by atoms with E-state index in [1.807, 2.05) is 12.1 Å². The summed E-state index contributed by atoms with van der Waals surface area (Å²) in [6, 6.07) is 4.24. The fourth-order valence-corrected chi connectivity index (χ4v) is 2.70. The van der Waals surface area contributed by atoms with Gasteiger partial charge in [-0.3, -0.25) is 0 Å². The first-order valence-electron chi connectivity index (χ1n) is 6.07. The molecule has 0 saturated heterocycles. The van der Waals surface area contributed by atoms with Crippen molar-refractivity contribution in [2.45, 2.75) is 45.1 Å². The Labute approximate surface area is 91.8 Å². The van der Waals surface area contributed by atoms with Crippen LogP contribution in [0.2, 0.25) is 0 Å². The quantitative estimate of drug-likeness (QED) is 0.824. The number of rotatable bonds is 4. The van der Waals surface area contributed by atoms with Crippen molar-refractivity contribution in [1.29, 1.82) is 0 Å². The summed E-state index contributed by atoms with van der Waals surface area (Å²) in [6.07, 6.45) is 7.93. The van der Waals surface area contributed by atoms with E-state index in [1.54, 1.807) is 6.26 Å². The minimum absolute atomic E-state index is 0.285. The zero-order valence-corrected chi connectivity index (χ0v) is 9.49. The SMILES string of the molecule is CCC1CCC(C(N)Cc2ccco2)C1. The summed E-state index contributed by atoms with van der Waals surface area (Å²) in [5.74, 6) is 2.65. The molecule has 84 valence electrons. The molecular formula is C13H21NO. The highest BCUT2D eigenvalue weighted by Gasteiger charge is 2.28. The van der Waals surface area contributed by atoms with Crippen molar-refractivity contribution in [3.8, 4) is 0 Å². The number of hydrogen-bond acceptors (Lipinski definition) is 2. The Balaban J connectivity index is 1.84. The van der Waals surface area contributed by atoms with E-state index in [4.69, 9.17) is 10.2 Å².